The predicted molar refractivity (Wildman–Crippen MR) is 48.8 cm³/mol. The molecule has 0 atom stereocenters. The summed E-state index contributed by atoms with van der Waals surface area (Å²) in [7, 11) is 2.90. The predicted octanol–water partition coefficient (Wildman–Crippen LogP) is 1.89. The van der Waals surface area contributed by atoms with E-state index >= 15 is 0 Å². The first-order chi connectivity index (χ1) is 5.00. The van der Waals surface area contributed by atoms with Crippen molar-refractivity contribution in [2.45, 2.75) is 4.90 Å². The van der Waals surface area contributed by atoms with Crippen LogP contribution in [0, 0.1) is 0 Å². The number of halogens is 2. The number of hydrogen-bond donors (Lipinski definition) is 1. The van der Waals surface area contributed by atoms with Crippen molar-refractivity contribution in [3.05, 3.63) is 23.5 Å². The molecule has 2 nitrogen and oxygen atoms in total. The minimum Gasteiger partial charge on any atom is -0.266 e. The van der Waals surface area contributed by atoms with Crippen LogP contribution in [0.1, 0.15) is 0 Å². The Balaban J connectivity index is 3.09. The van der Waals surface area contributed by atoms with Gasteiger partial charge in [0, 0.05) is 17.3 Å². The van der Waals surface area contributed by atoms with Crippen molar-refractivity contribution in [2.75, 3.05) is 6.26 Å². The number of hydrogen-bond acceptors (Lipinski definition) is 2. The van der Waals surface area contributed by atoms with Crippen LogP contribution in [0.15, 0.2) is 23.2 Å². The van der Waals surface area contributed by atoms with Crippen LogP contribution in [0.3, 0.4) is 0 Å². The van der Waals surface area contributed by atoms with E-state index in [4.69, 9.17) is 22.3 Å². The second-order valence-corrected chi connectivity index (χ2v) is 6.64. The number of pyridine rings is 1. The second-order valence-electron chi connectivity index (χ2n) is 2.16. The fourth-order valence-corrected chi connectivity index (χ4v) is 1.62. The summed E-state index contributed by atoms with van der Waals surface area (Å²) in [5.41, 5.74) is 0. The molecule has 11 heavy (non-hydrogen) atoms. The van der Waals surface area contributed by atoms with Gasteiger partial charge in [-0.05, 0) is 32.0 Å². The van der Waals surface area contributed by atoms with Crippen molar-refractivity contribution < 1.29 is 4.21 Å². The van der Waals surface area contributed by atoms with Crippen molar-refractivity contribution in [3.63, 3.8) is 0 Å². The zero-order valence-corrected chi connectivity index (χ0v) is 8.20. The molecule has 1 heterocycles. The highest BCUT2D eigenvalue weighted by Crippen LogP contribution is 2.20. The van der Waals surface area contributed by atoms with E-state index in [1.165, 1.54) is 12.5 Å². The third-order valence-electron chi connectivity index (χ3n) is 1.17. The van der Waals surface area contributed by atoms with Crippen LogP contribution >= 0.6 is 22.3 Å². The van der Waals surface area contributed by atoms with Crippen molar-refractivity contribution in [1.29, 1.82) is 0 Å². The van der Waals surface area contributed by atoms with Gasteiger partial charge in [0.1, 0.15) is 5.15 Å². The normalized spacial score (nSPS) is 13.0. The lowest BCUT2D eigenvalue weighted by molar-refractivity contribution is 0.683. The molecule has 0 saturated heterocycles. The van der Waals surface area contributed by atoms with Gasteiger partial charge in [-0.25, -0.2) is 4.98 Å². The SMILES string of the molecule is C[SH](=O)(Cl)c1ccc(Cl)nc1. The molecule has 0 aliphatic carbocycles. The fourth-order valence-electron chi connectivity index (χ4n) is 0.604. The maximum absolute atomic E-state index is 11.2. The molecule has 5 heteroatoms. The zero-order valence-electron chi connectivity index (χ0n) is 5.79. The van der Waals surface area contributed by atoms with Gasteiger partial charge in [0.15, 0.2) is 0 Å². The lowest BCUT2D eigenvalue weighted by atomic mass is 10.5. The van der Waals surface area contributed by atoms with E-state index in [1.807, 2.05) is 0 Å². The molecule has 0 N–H and O–H groups in total. The van der Waals surface area contributed by atoms with E-state index in [1.54, 1.807) is 12.1 Å². The topological polar surface area (TPSA) is 30.0 Å². The third-order valence-corrected chi connectivity index (χ3v) is 3.17. The Morgan fingerprint density at radius 2 is 2.18 bits per heavy atom. The Labute approximate surface area is 75.5 Å². The Morgan fingerprint density at radius 1 is 1.55 bits per heavy atom. The van der Waals surface area contributed by atoms with Crippen LogP contribution in [-0.2, 0) is 9.15 Å². The average molecular weight is 212 g/mol. The van der Waals surface area contributed by atoms with Crippen LogP contribution in [0.5, 0.6) is 0 Å². The molecular weight excluding hydrogens is 205 g/mol. The number of thiol groups is 1. The summed E-state index contributed by atoms with van der Waals surface area (Å²) in [6.45, 7) is 0. The average Bonchev–Trinajstić information content (AvgIpc) is 1.86. The first-order valence-corrected chi connectivity index (χ1v) is 6.33. The molecule has 0 aromatic carbocycles. The van der Waals surface area contributed by atoms with Crippen molar-refractivity contribution >= 4 is 31.4 Å². The Morgan fingerprint density at radius 3 is 2.55 bits per heavy atom. The van der Waals surface area contributed by atoms with Crippen LogP contribution in [0.4, 0.5) is 0 Å². The summed E-state index contributed by atoms with van der Waals surface area (Å²) >= 11 is 5.52. The summed E-state index contributed by atoms with van der Waals surface area (Å²) in [4.78, 5) is 4.29. The van der Waals surface area contributed by atoms with Gasteiger partial charge < -0.3 is 0 Å². The molecule has 0 radical (unpaired) electrons. The van der Waals surface area contributed by atoms with Gasteiger partial charge in [-0.15, -0.1) is 0 Å². The highest BCUT2D eigenvalue weighted by Gasteiger charge is 2.06. The van der Waals surface area contributed by atoms with Gasteiger partial charge in [-0.1, -0.05) is 11.6 Å². The summed E-state index contributed by atoms with van der Waals surface area (Å²) < 4.78 is 11.2. The van der Waals surface area contributed by atoms with E-state index in [2.05, 4.69) is 4.98 Å². The van der Waals surface area contributed by atoms with Crippen molar-refractivity contribution in [1.82, 2.24) is 4.98 Å². The molecule has 0 aliphatic rings. The second kappa shape index (κ2) is 3.09. The molecule has 0 bridgehead atoms. The van der Waals surface area contributed by atoms with Gasteiger partial charge in [-0.2, -0.15) is 0 Å². The lowest BCUT2D eigenvalue weighted by Crippen LogP contribution is -1.99. The minimum absolute atomic E-state index is 0.374. The molecule has 1 rings (SSSR count). The molecule has 0 spiro atoms. The molecule has 0 unspecified atom stereocenters. The smallest absolute Gasteiger partial charge is 0.129 e. The Hall–Kier alpha value is -0.120. The van der Waals surface area contributed by atoms with Gasteiger partial charge in [0.05, 0.1) is 0 Å². The maximum Gasteiger partial charge on any atom is 0.129 e. The fraction of sp³-hybridized carbons (Fsp3) is 0.167. The monoisotopic (exact) mass is 211 g/mol. The Bertz CT molecular complexity index is 292. The highest BCUT2D eigenvalue weighted by molar-refractivity contribution is 8.23. The van der Waals surface area contributed by atoms with Crippen LogP contribution in [-0.4, -0.2) is 15.4 Å². The summed E-state index contributed by atoms with van der Waals surface area (Å²) in [6, 6.07) is 3.18. The quantitative estimate of drug-likeness (QED) is 0.437. The number of nitrogens with zero attached hydrogens (tertiary/aromatic N) is 1. The van der Waals surface area contributed by atoms with E-state index in [9.17, 15) is 4.21 Å². The van der Waals surface area contributed by atoms with Gasteiger partial charge >= 0.3 is 0 Å². The standard InChI is InChI=1S/C6H7Cl2NOS/c1-11(8,10)5-2-3-6(7)9-4-5/h2-4,11H,1H3. The molecular formula is C6H7Cl2NOS. The molecule has 0 saturated carbocycles. The summed E-state index contributed by atoms with van der Waals surface area (Å²) in [6.07, 6.45) is 2.90. The first kappa shape index (κ1) is 8.97. The highest BCUT2D eigenvalue weighted by atomic mass is 35.7. The van der Waals surface area contributed by atoms with E-state index in [0.29, 0.717) is 10.0 Å². The largest absolute Gasteiger partial charge is 0.266 e. The molecule has 0 aliphatic heterocycles. The van der Waals surface area contributed by atoms with E-state index in [-0.39, 0.29) is 0 Å². The minimum atomic E-state index is -2.69. The van der Waals surface area contributed by atoms with E-state index < -0.39 is 9.15 Å². The molecule has 62 valence electrons. The van der Waals surface area contributed by atoms with Gasteiger partial charge in [-0.3, -0.25) is 4.21 Å². The van der Waals surface area contributed by atoms with Crippen LogP contribution in [0.25, 0.3) is 0 Å². The molecule has 1 aromatic rings. The van der Waals surface area contributed by atoms with Crippen molar-refractivity contribution in [3.8, 4) is 0 Å². The number of aromatic nitrogens is 1. The first-order valence-electron chi connectivity index (χ1n) is 2.89. The van der Waals surface area contributed by atoms with Gasteiger partial charge in [0.25, 0.3) is 0 Å². The lowest BCUT2D eigenvalue weighted by Gasteiger charge is -2.07. The van der Waals surface area contributed by atoms with E-state index in [0.717, 1.165) is 0 Å². The molecule has 1 aromatic heterocycles. The molecule has 0 fully saturated rings. The zero-order chi connectivity index (χ0) is 8.48. The maximum atomic E-state index is 11.2. The Kier molecular flexibility index (Phi) is 2.52. The number of rotatable bonds is 1. The van der Waals surface area contributed by atoms with Crippen LogP contribution < -0.4 is 0 Å². The summed E-state index contributed by atoms with van der Waals surface area (Å²) in [5, 5.41) is 0.374. The summed E-state index contributed by atoms with van der Waals surface area (Å²) in [5.74, 6) is 0. The third kappa shape index (κ3) is 2.43. The van der Waals surface area contributed by atoms with Crippen LogP contribution in [0.2, 0.25) is 5.15 Å². The molecule has 0 amide bonds. The van der Waals surface area contributed by atoms with Crippen molar-refractivity contribution in [2.24, 2.45) is 0 Å². The van der Waals surface area contributed by atoms with Gasteiger partial charge in [0.2, 0.25) is 0 Å².